The van der Waals surface area contributed by atoms with E-state index in [1.807, 2.05) is 12.3 Å². The van der Waals surface area contributed by atoms with Crippen LogP contribution in [0.25, 0.3) is 21.8 Å². The largest absolute Gasteiger partial charge is 1.00 e. The molecule has 2 nitrogen and oxygen atoms in total. The van der Waals surface area contributed by atoms with Crippen molar-refractivity contribution in [1.82, 2.24) is 9.97 Å². The minimum absolute atomic E-state index is 0. The Labute approximate surface area is 152 Å². The fourth-order valence-corrected chi connectivity index (χ4v) is 3.28. The van der Waals surface area contributed by atoms with Crippen molar-refractivity contribution < 1.29 is 17.0 Å². The number of pyridine rings is 1. The van der Waals surface area contributed by atoms with Crippen molar-refractivity contribution in [2.75, 3.05) is 0 Å². The van der Waals surface area contributed by atoms with Gasteiger partial charge in [-0.25, -0.2) is 4.98 Å². The molecule has 2 heterocycles. The van der Waals surface area contributed by atoms with Crippen LogP contribution in [0, 0.1) is 0 Å². The van der Waals surface area contributed by atoms with Gasteiger partial charge in [-0.1, -0.05) is 44.5 Å². The zero-order valence-electron chi connectivity index (χ0n) is 13.4. The first-order chi connectivity index (χ1) is 10.8. The van der Waals surface area contributed by atoms with E-state index in [0.717, 1.165) is 35.7 Å². The zero-order valence-corrected chi connectivity index (χ0v) is 15.8. The number of nitrogens with zero attached hydrogens (tertiary/aromatic N) is 2. The molecule has 0 aliphatic rings. The molecule has 0 aliphatic heterocycles. The molecule has 0 N–H and O–H groups in total. The van der Waals surface area contributed by atoms with Gasteiger partial charge < -0.3 is 17.0 Å². The molecular formula is C19H20BrN2S-. The number of aryl methyl sites for hydroxylation is 2. The first-order valence-corrected chi connectivity index (χ1v) is 8.68. The van der Waals surface area contributed by atoms with E-state index in [-0.39, 0.29) is 17.0 Å². The predicted octanol–water partition coefficient (Wildman–Crippen LogP) is 2.39. The van der Waals surface area contributed by atoms with Gasteiger partial charge in [-0.15, -0.1) is 11.3 Å². The first-order valence-electron chi connectivity index (χ1n) is 7.80. The normalized spacial score (nSPS) is 10.3. The van der Waals surface area contributed by atoms with Crippen molar-refractivity contribution in [3.63, 3.8) is 0 Å². The maximum atomic E-state index is 4.80. The number of benzene rings is 1. The average Bonchev–Trinajstić information content (AvgIpc) is 3.06. The molecule has 0 unspecified atom stereocenters. The highest BCUT2D eigenvalue weighted by Crippen LogP contribution is 2.29. The monoisotopic (exact) mass is 387 g/mol. The quantitative estimate of drug-likeness (QED) is 0.671. The zero-order chi connectivity index (χ0) is 15.4. The van der Waals surface area contributed by atoms with E-state index in [4.69, 9.17) is 4.98 Å². The summed E-state index contributed by atoms with van der Waals surface area (Å²) in [5, 5.41) is 3.20. The molecule has 0 spiro atoms. The molecule has 4 heteroatoms. The Morgan fingerprint density at radius 1 is 1.00 bits per heavy atom. The highest BCUT2D eigenvalue weighted by Gasteiger charge is 2.07. The fourth-order valence-electron chi connectivity index (χ4n) is 2.45. The van der Waals surface area contributed by atoms with Gasteiger partial charge in [-0.05, 0) is 30.5 Å². The second-order valence-electron chi connectivity index (χ2n) is 5.37. The van der Waals surface area contributed by atoms with Crippen LogP contribution in [0.15, 0.2) is 48.0 Å². The van der Waals surface area contributed by atoms with Gasteiger partial charge >= 0.3 is 0 Å². The maximum Gasteiger partial charge on any atom is 0.124 e. The summed E-state index contributed by atoms with van der Waals surface area (Å²) in [4.78, 5) is 9.21. The van der Waals surface area contributed by atoms with Crippen molar-refractivity contribution in [1.29, 1.82) is 0 Å². The summed E-state index contributed by atoms with van der Waals surface area (Å²) in [6, 6.07) is 12.9. The predicted molar refractivity (Wildman–Crippen MR) is 94.2 cm³/mol. The van der Waals surface area contributed by atoms with E-state index < -0.39 is 0 Å². The number of halogens is 1. The number of thiazole rings is 1. The van der Waals surface area contributed by atoms with Crippen molar-refractivity contribution in [3.05, 3.63) is 59.2 Å². The Balaban J connectivity index is 0.00000192. The molecule has 1 aromatic carbocycles. The smallest absolute Gasteiger partial charge is 0.124 e. The van der Waals surface area contributed by atoms with Gasteiger partial charge in [0, 0.05) is 28.4 Å². The van der Waals surface area contributed by atoms with Crippen molar-refractivity contribution in [3.8, 4) is 21.8 Å². The van der Waals surface area contributed by atoms with Crippen LogP contribution in [0.3, 0.4) is 0 Å². The van der Waals surface area contributed by atoms with Crippen molar-refractivity contribution >= 4 is 11.3 Å². The standard InChI is InChI=1S/C19H20N2S.BrH/c1-3-5-17-12-16(10-11-20-17)19-21-18(13-22-19)15-8-6-14(4-2)7-9-15;/h6-13H,3-5H2,1-2H3;1H/p-1. The summed E-state index contributed by atoms with van der Waals surface area (Å²) in [7, 11) is 0. The fraction of sp³-hybridized carbons (Fsp3) is 0.263. The minimum Gasteiger partial charge on any atom is -1.00 e. The Kier molecular flexibility index (Phi) is 6.48. The first kappa shape index (κ1) is 17.8. The van der Waals surface area contributed by atoms with Crippen LogP contribution in [-0.2, 0) is 12.8 Å². The van der Waals surface area contributed by atoms with Gasteiger partial charge in [0.15, 0.2) is 0 Å². The lowest BCUT2D eigenvalue weighted by Gasteiger charge is -2.01. The number of aromatic nitrogens is 2. The van der Waals surface area contributed by atoms with Crippen LogP contribution >= 0.6 is 11.3 Å². The number of hydrogen-bond acceptors (Lipinski definition) is 3. The third-order valence-corrected chi connectivity index (χ3v) is 4.62. The molecule has 0 radical (unpaired) electrons. The summed E-state index contributed by atoms with van der Waals surface area (Å²) < 4.78 is 0. The van der Waals surface area contributed by atoms with Crippen molar-refractivity contribution in [2.45, 2.75) is 33.1 Å². The van der Waals surface area contributed by atoms with Crippen LogP contribution in [-0.4, -0.2) is 9.97 Å². The van der Waals surface area contributed by atoms with Gasteiger partial charge in [0.1, 0.15) is 5.01 Å². The van der Waals surface area contributed by atoms with Gasteiger partial charge in [0.2, 0.25) is 0 Å². The van der Waals surface area contributed by atoms with E-state index in [1.165, 1.54) is 16.7 Å². The third-order valence-electron chi connectivity index (χ3n) is 3.73. The molecule has 2 aromatic heterocycles. The molecule has 120 valence electrons. The lowest BCUT2D eigenvalue weighted by Crippen LogP contribution is -3.00. The van der Waals surface area contributed by atoms with Crippen molar-refractivity contribution in [2.24, 2.45) is 0 Å². The molecule has 0 atom stereocenters. The van der Waals surface area contributed by atoms with E-state index in [2.05, 4.69) is 54.5 Å². The molecule has 0 aliphatic carbocycles. The molecule has 3 aromatic rings. The lowest BCUT2D eigenvalue weighted by molar-refractivity contribution is -0.00000458. The molecule has 0 saturated carbocycles. The molecule has 0 bridgehead atoms. The summed E-state index contributed by atoms with van der Waals surface area (Å²) in [6.45, 7) is 4.35. The summed E-state index contributed by atoms with van der Waals surface area (Å²) >= 11 is 1.70. The number of hydrogen-bond donors (Lipinski definition) is 0. The topological polar surface area (TPSA) is 25.8 Å². The van der Waals surface area contributed by atoms with E-state index >= 15 is 0 Å². The summed E-state index contributed by atoms with van der Waals surface area (Å²) in [5.74, 6) is 0. The van der Waals surface area contributed by atoms with Crippen LogP contribution in [0.2, 0.25) is 0 Å². The Bertz CT molecular complexity index is 750. The second kappa shape index (κ2) is 8.37. The van der Waals surface area contributed by atoms with Gasteiger partial charge in [0.25, 0.3) is 0 Å². The molecular weight excluding hydrogens is 368 g/mol. The Morgan fingerprint density at radius 2 is 1.78 bits per heavy atom. The SMILES string of the molecule is CCCc1cc(-c2nc(-c3ccc(CC)cc3)cs2)ccn1.[Br-]. The maximum absolute atomic E-state index is 4.80. The Morgan fingerprint density at radius 3 is 2.48 bits per heavy atom. The molecule has 3 rings (SSSR count). The lowest BCUT2D eigenvalue weighted by atomic mass is 10.1. The van der Waals surface area contributed by atoms with Gasteiger partial charge in [-0.2, -0.15) is 0 Å². The second-order valence-corrected chi connectivity index (χ2v) is 6.23. The van der Waals surface area contributed by atoms with Crippen LogP contribution < -0.4 is 17.0 Å². The minimum atomic E-state index is 0. The number of rotatable bonds is 5. The van der Waals surface area contributed by atoms with E-state index in [0.29, 0.717) is 0 Å². The van der Waals surface area contributed by atoms with Crippen LogP contribution in [0.4, 0.5) is 0 Å². The van der Waals surface area contributed by atoms with E-state index in [9.17, 15) is 0 Å². The van der Waals surface area contributed by atoms with Crippen LogP contribution in [0.5, 0.6) is 0 Å². The van der Waals surface area contributed by atoms with Crippen LogP contribution in [0.1, 0.15) is 31.5 Å². The highest BCUT2D eigenvalue weighted by atomic mass is 79.9. The average molecular weight is 388 g/mol. The third kappa shape index (κ3) is 4.27. The van der Waals surface area contributed by atoms with Gasteiger partial charge in [0.05, 0.1) is 5.69 Å². The van der Waals surface area contributed by atoms with Gasteiger partial charge in [-0.3, -0.25) is 4.98 Å². The summed E-state index contributed by atoms with van der Waals surface area (Å²) in [6.07, 6.45) is 5.09. The molecule has 0 saturated heterocycles. The van der Waals surface area contributed by atoms with E-state index in [1.54, 1.807) is 11.3 Å². The molecule has 23 heavy (non-hydrogen) atoms. The molecule has 0 fully saturated rings. The Hall–Kier alpha value is -1.52. The summed E-state index contributed by atoms with van der Waals surface area (Å²) in [5.41, 5.74) is 5.90. The highest BCUT2D eigenvalue weighted by molar-refractivity contribution is 7.13. The molecule has 0 amide bonds.